The molecule has 0 fully saturated rings. The second-order valence-corrected chi connectivity index (χ2v) is 5.68. The van der Waals surface area contributed by atoms with Crippen molar-refractivity contribution in [1.29, 1.82) is 0 Å². The van der Waals surface area contributed by atoms with E-state index in [1.165, 1.54) is 16.7 Å². The third-order valence-electron chi connectivity index (χ3n) is 1.88. The van der Waals surface area contributed by atoms with Gasteiger partial charge in [0.1, 0.15) is 0 Å². The number of alkyl halides is 2. The van der Waals surface area contributed by atoms with E-state index in [0.717, 1.165) is 12.7 Å². The van der Waals surface area contributed by atoms with Gasteiger partial charge in [0, 0.05) is 29.1 Å². The van der Waals surface area contributed by atoms with Crippen LogP contribution in [-0.4, -0.2) is 0 Å². The number of hydrogen-bond donors (Lipinski definition) is 0. The normalized spacial score (nSPS) is 11.5. The Morgan fingerprint density at radius 2 is 2.07 bits per heavy atom. The second kappa shape index (κ2) is 4.02. The molecule has 0 aliphatic rings. The Kier molecular flexibility index (Phi) is 3.09. The molecule has 0 saturated carbocycles. The zero-order chi connectivity index (χ0) is 10.3. The van der Waals surface area contributed by atoms with Crippen molar-refractivity contribution >= 4 is 59.9 Å². The number of thiophene rings is 1. The number of fused-ring (bicyclic) bond motifs is 1. The Morgan fingerprint density at radius 3 is 2.71 bits per heavy atom. The first-order chi connectivity index (χ1) is 6.59. The van der Waals surface area contributed by atoms with Crippen LogP contribution in [0.25, 0.3) is 10.1 Å². The van der Waals surface area contributed by atoms with Crippen molar-refractivity contribution in [2.24, 2.45) is 0 Å². The monoisotopic (exact) mass is 388 g/mol. The topological polar surface area (TPSA) is 0 Å². The van der Waals surface area contributed by atoms with Crippen LogP contribution in [0.15, 0.2) is 22.0 Å². The van der Waals surface area contributed by atoms with Gasteiger partial charge in [-0.15, -0.1) is 11.3 Å². The molecule has 1 heterocycles. The van der Waals surface area contributed by atoms with Crippen molar-refractivity contribution in [2.45, 2.75) is 6.43 Å². The molecule has 0 aliphatic heterocycles. The molecule has 1 aromatic carbocycles. The van der Waals surface area contributed by atoms with E-state index in [0.29, 0.717) is 5.39 Å². The van der Waals surface area contributed by atoms with E-state index in [-0.39, 0.29) is 5.56 Å². The number of halogens is 4. The molecule has 2 aromatic rings. The summed E-state index contributed by atoms with van der Waals surface area (Å²) in [4.78, 5) is 0. The molecule has 0 aliphatic carbocycles. The average Bonchev–Trinajstić information content (AvgIpc) is 2.48. The molecule has 0 radical (unpaired) electrons. The van der Waals surface area contributed by atoms with Crippen LogP contribution in [0.2, 0.25) is 0 Å². The number of rotatable bonds is 1. The van der Waals surface area contributed by atoms with Crippen LogP contribution in [0, 0.1) is 3.57 Å². The predicted molar refractivity (Wildman–Crippen MR) is 67.2 cm³/mol. The highest BCUT2D eigenvalue weighted by atomic mass is 127. The predicted octanol–water partition coefficient (Wildman–Crippen LogP) is 5.21. The van der Waals surface area contributed by atoms with Crippen molar-refractivity contribution in [3.63, 3.8) is 0 Å². The highest BCUT2D eigenvalue weighted by Crippen LogP contribution is 2.36. The molecule has 0 unspecified atom stereocenters. The summed E-state index contributed by atoms with van der Waals surface area (Å²) in [6.07, 6.45) is -2.39. The molecule has 14 heavy (non-hydrogen) atoms. The average molecular weight is 389 g/mol. The quantitative estimate of drug-likeness (QED) is 0.588. The molecule has 0 saturated heterocycles. The minimum absolute atomic E-state index is 0.135. The Balaban J connectivity index is 2.74. The summed E-state index contributed by atoms with van der Waals surface area (Å²) in [5.74, 6) is 0. The van der Waals surface area contributed by atoms with Gasteiger partial charge in [0.2, 0.25) is 0 Å². The molecule has 5 heteroatoms. The lowest BCUT2D eigenvalue weighted by molar-refractivity contribution is 0.153. The maximum Gasteiger partial charge on any atom is 0.265 e. The SMILES string of the molecule is FC(F)c1csc2cc(Br)c(I)cc12. The summed E-state index contributed by atoms with van der Waals surface area (Å²) in [7, 11) is 0. The van der Waals surface area contributed by atoms with Gasteiger partial charge in [0.15, 0.2) is 0 Å². The van der Waals surface area contributed by atoms with E-state index in [2.05, 4.69) is 38.5 Å². The van der Waals surface area contributed by atoms with Gasteiger partial charge < -0.3 is 0 Å². The highest BCUT2D eigenvalue weighted by molar-refractivity contribution is 14.1. The summed E-state index contributed by atoms with van der Waals surface area (Å²) < 4.78 is 27.9. The zero-order valence-corrected chi connectivity index (χ0v) is 11.3. The summed E-state index contributed by atoms with van der Waals surface area (Å²) in [5, 5.41) is 2.19. The van der Waals surface area contributed by atoms with Gasteiger partial charge in [-0.05, 0) is 50.7 Å². The Labute approximate surface area is 106 Å². The van der Waals surface area contributed by atoms with Gasteiger partial charge in [-0.3, -0.25) is 0 Å². The number of hydrogen-bond acceptors (Lipinski definition) is 1. The van der Waals surface area contributed by atoms with Gasteiger partial charge in [-0.2, -0.15) is 0 Å². The van der Waals surface area contributed by atoms with E-state index in [1.54, 1.807) is 6.07 Å². The first-order valence-corrected chi connectivity index (χ1v) is 6.49. The molecule has 74 valence electrons. The molecule has 0 amide bonds. The fourth-order valence-electron chi connectivity index (χ4n) is 1.21. The largest absolute Gasteiger partial charge is 0.265 e. The third-order valence-corrected chi connectivity index (χ3v) is 5.13. The molecular weight excluding hydrogens is 385 g/mol. The lowest BCUT2D eigenvalue weighted by Crippen LogP contribution is -1.81. The maximum absolute atomic E-state index is 12.6. The smallest absolute Gasteiger partial charge is 0.205 e. The summed E-state index contributed by atoms with van der Waals surface area (Å²) in [6.45, 7) is 0. The lowest BCUT2D eigenvalue weighted by atomic mass is 10.2. The minimum atomic E-state index is -2.39. The van der Waals surface area contributed by atoms with Crippen LogP contribution >= 0.6 is 49.9 Å². The molecule has 0 nitrogen and oxygen atoms in total. The third kappa shape index (κ3) is 1.81. The molecule has 0 N–H and O–H groups in total. The van der Waals surface area contributed by atoms with Gasteiger partial charge in [0.05, 0.1) is 0 Å². The summed E-state index contributed by atoms with van der Waals surface area (Å²) in [6, 6.07) is 3.67. The van der Waals surface area contributed by atoms with E-state index < -0.39 is 6.43 Å². The van der Waals surface area contributed by atoms with Gasteiger partial charge in [-0.25, -0.2) is 8.78 Å². The van der Waals surface area contributed by atoms with E-state index >= 15 is 0 Å². The van der Waals surface area contributed by atoms with Crippen LogP contribution in [-0.2, 0) is 0 Å². The fraction of sp³-hybridized carbons (Fsp3) is 0.111. The van der Waals surface area contributed by atoms with E-state index in [9.17, 15) is 8.78 Å². The zero-order valence-electron chi connectivity index (χ0n) is 6.73. The fourth-order valence-corrected chi connectivity index (χ4v) is 3.15. The Bertz CT molecular complexity index is 481. The molecular formula is C9H4BrF2IS. The van der Waals surface area contributed by atoms with Crippen LogP contribution in [0.4, 0.5) is 8.78 Å². The molecule has 2 rings (SSSR count). The van der Waals surface area contributed by atoms with Crippen molar-refractivity contribution in [3.8, 4) is 0 Å². The molecule has 0 atom stereocenters. The molecule has 0 bridgehead atoms. The van der Waals surface area contributed by atoms with E-state index in [4.69, 9.17) is 0 Å². The maximum atomic E-state index is 12.6. The Hall–Kier alpha value is 0.250. The first kappa shape index (κ1) is 10.8. The van der Waals surface area contributed by atoms with E-state index in [1.807, 2.05) is 6.07 Å². The standard InChI is InChI=1S/C9H4BrF2IS/c10-6-2-8-4(1-7(6)13)5(3-14-8)9(11)12/h1-3,9H. The van der Waals surface area contributed by atoms with Crippen LogP contribution in [0.1, 0.15) is 12.0 Å². The van der Waals surface area contributed by atoms with Crippen LogP contribution in [0.3, 0.4) is 0 Å². The molecule has 0 spiro atoms. The van der Waals surface area contributed by atoms with Crippen LogP contribution < -0.4 is 0 Å². The van der Waals surface area contributed by atoms with Gasteiger partial charge >= 0.3 is 0 Å². The molecule has 1 aromatic heterocycles. The van der Waals surface area contributed by atoms with Gasteiger partial charge in [0.25, 0.3) is 6.43 Å². The van der Waals surface area contributed by atoms with Crippen molar-refractivity contribution in [1.82, 2.24) is 0 Å². The van der Waals surface area contributed by atoms with Crippen molar-refractivity contribution < 1.29 is 8.78 Å². The number of benzene rings is 1. The summed E-state index contributed by atoms with van der Waals surface area (Å²) in [5.41, 5.74) is 0.135. The van der Waals surface area contributed by atoms with Crippen molar-refractivity contribution in [3.05, 3.63) is 31.1 Å². The Morgan fingerprint density at radius 1 is 1.36 bits per heavy atom. The van der Waals surface area contributed by atoms with Crippen LogP contribution in [0.5, 0.6) is 0 Å². The van der Waals surface area contributed by atoms with Crippen molar-refractivity contribution in [2.75, 3.05) is 0 Å². The first-order valence-electron chi connectivity index (χ1n) is 3.74. The summed E-state index contributed by atoms with van der Waals surface area (Å²) >= 11 is 6.85. The minimum Gasteiger partial charge on any atom is -0.205 e. The lowest BCUT2D eigenvalue weighted by Gasteiger charge is -1.99. The second-order valence-electron chi connectivity index (χ2n) is 2.75. The van der Waals surface area contributed by atoms with Gasteiger partial charge in [-0.1, -0.05) is 0 Å². The highest BCUT2D eigenvalue weighted by Gasteiger charge is 2.14.